The SMILES string of the molecule is O=C(NC(c1ccc(F)cc1)c1cccs1)c1ccc(N2C(=O)CCC2=O)cc1. The zero-order chi connectivity index (χ0) is 20.4. The molecule has 2 heterocycles. The average molecular weight is 408 g/mol. The minimum atomic E-state index is -0.412. The highest BCUT2D eigenvalue weighted by atomic mass is 32.1. The number of nitrogens with one attached hydrogen (secondary N) is 1. The molecule has 1 saturated heterocycles. The molecule has 3 aromatic rings. The minimum absolute atomic E-state index is 0.210. The van der Waals surface area contributed by atoms with E-state index in [0.717, 1.165) is 15.3 Å². The summed E-state index contributed by atoms with van der Waals surface area (Å²) in [6, 6.07) is 15.8. The van der Waals surface area contributed by atoms with E-state index in [1.54, 1.807) is 36.4 Å². The number of hydrogen-bond donors (Lipinski definition) is 1. The van der Waals surface area contributed by atoms with Gasteiger partial charge in [-0.2, -0.15) is 0 Å². The summed E-state index contributed by atoms with van der Waals surface area (Å²) in [5.41, 5.74) is 1.63. The lowest BCUT2D eigenvalue weighted by Gasteiger charge is -2.19. The highest BCUT2D eigenvalue weighted by molar-refractivity contribution is 7.10. The molecular formula is C22H17FN2O3S. The predicted octanol–water partition coefficient (Wildman–Crippen LogP) is 4.06. The second kappa shape index (κ2) is 7.97. The van der Waals surface area contributed by atoms with E-state index in [1.807, 2.05) is 17.5 Å². The maximum Gasteiger partial charge on any atom is 0.252 e. The third-order valence-corrected chi connectivity index (χ3v) is 5.68. The number of thiophene rings is 1. The standard InChI is InChI=1S/C22H17FN2O3S/c23-16-7-3-14(4-8-16)21(18-2-1-13-29-18)24-22(28)15-5-9-17(10-6-15)25-19(26)11-12-20(25)27/h1-10,13,21H,11-12H2,(H,24,28). The normalized spacial score (nSPS) is 14.9. The molecule has 1 fully saturated rings. The number of carbonyl (C=O) groups excluding carboxylic acids is 3. The van der Waals surface area contributed by atoms with Gasteiger partial charge in [-0.05, 0) is 53.4 Å². The van der Waals surface area contributed by atoms with Crippen molar-refractivity contribution in [2.45, 2.75) is 18.9 Å². The Labute approximate surface area is 170 Å². The van der Waals surface area contributed by atoms with Crippen molar-refractivity contribution in [2.75, 3.05) is 4.90 Å². The third kappa shape index (κ3) is 3.95. The second-order valence-corrected chi connectivity index (χ2v) is 7.62. The maximum absolute atomic E-state index is 13.3. The Morgan fingerprint density at radius 3 is 2.21 bits per heavy atom. The summed E-state index contributed by atoms with van der Waals surface area (Å²) in [5, 5.41) is 4.89. The van der Waals surface area contributed by atoms with Crippen molar-refractivity contribution in [3.05, 3.63) is 87.9 Å². The third-order valence-electron chi connectivity index (χ3n) is 4.75. The van der Waals surface area contributed by atoms with Gasteiger partial charge < -0.3 is 5.32 Å². The van der Waals surface area contributed by atoms with E-state index in [1.165, 1.54) is 23.5 Å². The molecule has 1 atom stereocenters. The number of halogens is 1. The van der Waals surface area contributed by atoms with Crippen molar-refractivity contribution in [3.8, 4) is 0 Å². The molecular weight excluding hydrogens is 391 g/mol. The van der Waals surface area contributed by atoms with Crippen LogP contribution in [0.3, 0.4) is 0 Å². The number of rotatable bonds is 5. The molecule has 1 aromatic heterocycles. The fourth-order valence-electron chi connectivity index (χ4n) is 3.27. The van der Waals surface area contributed by atoms with Gasteiger partial charge in [0.05, 0.1) is 11.7 Å². The lowest BCUT2D eigenvalue weighted by molar-refractivity contribution is -0.121. The Kier molecular flexibility index (Phi) is 5.22. The first-order valence-electron chi connectivity index (χ1n) is 9.08. The van der Waals surface area contributed by atoms with Gasteiger partial charge in [0.2, 0.25) is 11.8 Å². The minimum Gasteiger partial charge on any atom is -0.340 e. The van der Waals surface area contributed by atoms with Crippen LogP contribution in [-0.2, 0) is 9.59 Å². The van der Waals surface area contributed by atoms with Crippen LogP contribution in [0.15, 0.2) is 66.0 Å². The molecule has 0 saturated carbocycles. The van der Waals surface area contributed by atoms with Crippen molar-refractivity contribution < 1.29 is 18.8 Å². The number of carbonyl (C=O) groups is 3. The molecule has 0 aliphatic carbocycles. The summed E-state index contributed by atoms with van der Waals surface area (Å²) >= 11 is 1.50. The van der Waals surface area contributed by atoms with Crippen molar-refractivity contribution in [1.29, 1.82) is 0 Å². The number of nitrogens with zero attached hydrogens (tertiary/aromatic N) is 1. The topological polar surface area (TPSA) is 66.5 Å². The first kappa shape index (κ1) is 19.0. The predicted molar refractivity (Wildman–Crippen MR) is 108 cm³/mol. The first-order chi connectivity index (χ1) is 14.0. The monoisotopic (exact) mass is 408 g/mol. The van der Waals surface area contributed by atoms with Gasteiger partial charge in [0.15, 0.2) is 0 Å². The van der Waals surface area contributed by atoms with Crippen LogP contribution in [-0.4, -0.2) is 17.7 Å². The van der Waals surface area contributed by atoms with Gasteiger partial charge in [0.1, 0.15) is 5.82 Å². The molecule has 4 rings (SSSR count). The Balaban J connectivity index is 1.55. The number of amides is 3. The highest BCUT2D eigenvalue weighted by Crippen LogP contribution is 2.27. The van der Waals surface area contributed by atoms with Crippen LogP contribution < -0.4 is 10.2 Å². The fraction of sp³-hybridized carbons (Fsp3) is 0.136. The van der Waals surface area contributed by atoms with Gasteiger partial charge in [0, 0.05) is 23.3 Å². The zero-order valence-corrected chi connectivity index (χ0v) is 16.1. The van der Waals surface area contributed by atoms with Crippen LogP contribution in [0.4, 0.5) is 10.1 Å². The molecule has 146 valence electrons. The van der Waals surface area contributed by atoms with Crippen molar-refractivity contribution in [2.24, 2.45) is 0 Å². The van der Waals surface area contributed by atoms with Gasteiger partial charge in [-0.1, -0.05) is 18.2 Å². The molecule has 0 spiro atoms. The molecule has 5 nitrogen and oxygen atoms in total. The van der Waals surface area contributed by atoms with Gasteiger partial charge >= 0.3 is 0 Å². The summed E-state index contributed by atoms with van der Waals surface area (Å²) in [5.74, 6) is -1.12. The van der Waals surface area contributed by atoms with E-state index < -0.39 is 6.04 Å². The van der Waals surface area contributed by atoms with Crippen LogP contribution >= 0.6 is 11.3 Å². The number of hydrogen-bond acceptors (Lipinski definition) is 4. The first-order valence-corrected chi connectivity index (χ1v) is 9.96. The van der Waals surface area contributed by atoms with E-state index >= 15 is 0 Å². The van der Waals surface area contributed by atoms with E-state index in [9.17, 15) is 18.8 Å². The van der Waals surface area contributed by atoms with Crippen LogP contribution in [0.1, 0.15) is 39.7 Å². The largest absolute Gasteiger partial charge is 0.340 e. The van der Waals surface area contributed by atoms with E-state index in [0.29, 0.717) is 11.3 Å². The Morgan fingerprint density at radius 1 is 0.966 bits per heavy atom. The van der Waals surface area contributed by atoms with Crippen molar-refractivity contribution in [3.63, 3.8) is 0 Å². The molecule has 7 heteroatoms. The second-order valence-electron chi connectivity index (χ2n) is 6.64. The maximum atomic E-state index is 13.3. The molecule has 1 unspecified atom stereocenters. The van der Waals surface area contributed by atoms with Gasteiger partial charge in [0.25, 0.3) is 5.91 Å². The van der Waals surface area contributed by atoms with E-state index in [-0.39, 0.29) is 36.4 Å². The fourth-order valence-corrected chi connectivity index (χ4v) is 4.07. The van der Waals surface area contributed by atoms with E-state index in [4.69, 9.17) is 0 Å². The summed E-state index contributed by atoms with van der Waals surface area (Å²) < 4.78 is 13.3. The van der Waals surface area contributed by atoms with Crippen LogP contribution in [0.2, 0.25) is 0 Å². The lowest BCUT2D eigenvalue weighted by Crippen LogP contribution is -2.30. The lowest BCUT2D eigenvalue weighted by atomic mass is 10.0. The number of anilines is 1. The van der Waals surface area contributed by atoms with Crippen molar-refractivity contribution >= 4 is 34.7 Å². The van der Waals surface area contributed by atoms with E-state index in [2.05, 4.69) is 5.32 Å². The van der Waals surface area contributed by atoms with Gasteiger partial charge in [-0.25, -0.2) is 4.39 Å². The van der Waals surface area contributed by atoms with Gasteiger partial charge in [-0.3, -0.25) is 19.3 Å². The molecule has 1 aliphatic rings. The summed E-state index contributed by atoms with van der Waals surface area (Å²) in [7, 11) is 0. The quantitative estimate of drug-likeness (QED) is 0.648. The van der Waals surface area contributed by atoms with Crippen LogP contribution in [0, 0.1) is 5.82 Å². The van der Waals surface area contributed by atoms with Crippen molar-refractivity contribution in [1.82, 2.24) is 5.32 Å². The van der Waals surface area contributed by atoms with Crippen LogP contribution in [0.25, 0.3) is 0 Å². The smallest absolute Gasteiger partial charge is 0.252 e. The highest BCUT2D eigenvalue weighted by Gasteiger charge is 2.30. The van der Waals surface area contributed by atoms with Gasteiger partial charge in [-0.15, -0.1) is 11.3 Å². The Morgan fingerprint density at radius 2 is 1.62 bits per heavy atom. The van der Waals surface area contributed by atoms with Crippen LogP contribution in [0.5, 0.6) is 0 Å². The Hall–Kier alpha value is -3.32. The molecule has 0 bridgehead atoms. The molecule has 0 radical (unpaired) electrons. The number of benzene rings is 2. The summed E-state index contributed by atoms with van der Waals surface area (Å²) in [4.78, 5) is 38.6. The Bertz CT molecular complexity index is 1030. The molecule has 1 N–H and O–H groups in total. The number of imide groups is 1. The summed E-state index contributed by atoms with van der Waals surface area (Å²) in [6.45, 7) is 0. The molecule has 3 amide bonds. The molecule has 29 heavy (non-hydrogen) atoms. The molecule has 1 aliphatic heterocycles. The molecule has 2 aromatic carbocycles. The zero-order valence-electron chi connectivity index (χ0n) is 15.3. The average Bonchev–Trinajstić information content (AvgIpc) is 3.37. The summed E-state index contributed by atoms with van der Waals surface area (Å²) in [6.07, 6.45) is 0.419.